The number of aromatic amines is 1. The maximum Gasteiger partial charge on any atom is 0.271 e. The molecule has 2 heterocycles. The van der Waals surface area contributed by atoms with E-state index in [1.807, 2.05) is 36.4 Å². The Balaban J connectivity index is 1.50. The number of rotatable bonds is 5. The lowest BCUT2D eigenvalue weighted by Crippen LogP contribution is -2.16. The van der Waals surface area contributed by atoms with Crippen LogP contribution in [0, 0.1) is 5.92 Å². The lowest BCUT2D eigenvalue weighted by molar-refractivity contribution is 0.0996. The monoisotopic (exact) mass is 401 g/mol. The summed E-state index contributed by atoms with van der Waals surface area (Å²) in [5.41, 5.74) is 16.0. The molecule has 1 saturated carbocycles. The zero-order valence-corrected chi connectivity index (χ0v) is 16.5. The lowest BCUT2D eigenvalue weighted by atomic mass is 10.0. The summed E-state index contributed by atoms with van der Waals surface area (Å²) < 4.78 is 0. The third-order valence-corrected chi connectivity index (χ3v) is 5.89. The van der Waals surface area contributed by atoms with E-state index in [1.54, 1.807) is 0 Å². The van der Waals surface area contributed by atoms with Crippen LogP contribution in [0.4, 0.5) is 11.6 Å². The van der Waals surface area contributed by atoms with Crippen molar-refractivity contribution >= 4 is 39.5 Å². The zero-order valence-electron chi connectivity index (χ0n) is 16.5. The summed E-state index contributed by atoms with van der Waals surface area (Å²) in [6.45, 7) is 0.951. The molecule has 0 radical (unpaired) electrons. The van der Waals surface area contributed by atoms with Gasteiger partial charge >= 0.3 is 0 Å². The molecule has 0 atom stereocenters. The van der Waals surface area contributed by atoms with Crippen LogP contribution in [0.5, 0.6) is 0 Å². The molecule has 1 aliphatic rings. The number of nitrogen functional groups attached to an aromatic ring is 1. The number of nitrogens with one attached hydrogen (secondary N) is 2. The Labute approximate surface area is 173 Å². The Morgan fingerprint density at radius 2 is 2.00 bits per heavy atom. The van der Waals surface area contributed by atoms with Gasteiger partial charge in [-0.3, -0.25) is 4.79 Å². The molecule has 1 aliphatic carbocycles. The van der Waals surface area contributed by atoms with E-state index in [0.29, 0.717) is 10.9 Å². The van der Waals surface area contributed by atoms with Gasteiger partial charge in [-0.1, -0.05) is 37.1 Å². The molecule has 6 N–H and O–H groups in total. The quantitative estimate of drug-likeness (QED) is 0.404. The van der Waals surface area contributed by atoms with E-state index in [9.17, 15) is 4.79 Å². The molecule has 1 amide bonds. The number of nitrogens with two attached hydrogens (primary N) is 2. The average molecular weight is 401 g/mol. The third kappa shape index (κ3) is 3.20. The molecule has 2 aromatic carbocycles. The molecule has 8 nitrogen and oxygen atoms in total. The first-order valence-electron chi connectivity index (χ1n) is 10.2. The van der Waals surface area contributed by atoms with Gasteiger partial charge in [0.05, 0.1) is 16.7 Å². The van der Waals surface area contributed by atoms with Crippen LogP contribution >= 0.6 is 0 Å². The van der Waals surface area contributed by atoms with Crippen LogP contribution in [0.15, 0.2) is 36.4 Å². The molecule has 152 valence electrons. The first-order valence-corrected chi connectivity index (χ1v) is 10.2. The number of fused-ring (bicyclic) bond motifs is 2. The van der Waals surface area contributed by atoms with Crippen molar-refractivity contribution < 1.29 is 4.79 Å². The van der Waals surface area contributed by atoms with Gasteiger partial charge in [-0.15, -0.1) is 10.2 Å². The molecular weight excluding hydrogens is 378 g/mol. The van der Waals surface area contributed by atoms with E-state index in [-0.39, 0.29) is 11.4 Å². The van der Waals surface area contributed by atoms with E-state index in [1.165, 1.54) is 25.7 Å². The van der Waals surface area contributed by atoms with Gasteiger partial charge < -0.3 is 21.8 Å². The number of primary amides is 1. The SMILES string of the molecule is NC(=O)c1nnc2c(-c3ccc4nc(NCC5CCCC5)[nH]c4c3)cccc2c1N. The summed E-state index contributed by atoms with van der Waals surface area (Å²) in [6, 6.07) is 11.7. The highest BCUT2D eigenvalue weighted by molar-refractivity contribution is 6.07. The van der Waals surface area contributed by atoms with E-state index in [4.69, 9.17) is 11.5 Å². The molecule has 4 aromatic rings. The fourth-order valence-electron chi connectivity index (χ4n) is 4.28. The van der Waals surface area contributed by atoms with E-state index in [2.05, 4.69) is 25.5 Å². The van der Waals surface area contributed by atoms with Gasteiger partial charge in [-0.25, -0.2) is 4.98 Å². The Morgan fingerprint density at radius 1 is 1.17 bits per heavy atom. The largest absolute Gasteiger partial charge is 0.396 e. The molecule has 5 rings (SSSR count). The van der Waals surface area contributed by atoms with Gasteiger partial charge in [0.25, 0.3) is 5.91 Å². The first-order chi connectivity index (χ1) is 14.6. The number of carbonyl (C=O) groups excluding carboxylic acids is 1. The number of nitrogens with zero attached hydrogens (tertiary/aromatic N) is 3. The summed E-state index contributed by atoms with van der Waals surface area (Å²) >= 11 is 0. The van der Waals surface area contributed by atoms with Crippen molar-refractivity contribution in [3.05, 3.63) is 42.1 Å². The molecule has 1 fully saturated rings. The van der Waals surface area contributed by atoms with E-state index >= 15 is 0 Å². The fraction of sp³-hybridized carbons (Fsp3) is 0.273. The minimum Gasteiger partial charge on any atom is -0.396 e. The third-order valence-electron chi connectivity index (χ3n) is 5.89. The van der Waals surface area contributed by atoms with E-state index < -0.39 is 5.91 Å². The number of anilines is 2. The number of H-pyrrole nitrogens is 1. The second-order valence-corrected chi connectivity index (χ2v) is 7.88. The van der Waals surface area contributed by atoms with Crippen LogP contribution in [-0.2, 0) is 0 Å². The number of hydrogen-bond donors (Lipinski definition) is 4. The van der Waals surface area contributed by atoms with Crippen molar-refractivity contribution in [2.24, 2.45) is 11.7 Å². The van der Waals surface area contributed by atoms with Crippen LogP contribution in [-0.4, -0.2) is 32.6 Å². The smallest absolute Gasteiger partial charge is 0.271 e. The maximum absolute atomic E-state index is 11.5. The van der Waals surface area contributed by atoms with Gasteiger partial charge in [-0.2, -0.15) is 0 Å². The summed E-state index contributed by atoms with van der Waals surface area (Å²) in [5, 5.41) is 12.3. The minimum atomic E-state index is -0.691. The highest BCUT2D eigenvalue weighted by Gasteiger charge is 2.17. The standard InChI is InChI=1S/C22H23N7O/c23-18-15-7-3-6-14(19(15)28-29-20(18)21(24)30)13-8-9-16-17(10-13)27-22(26-16)25-11-12-4-1-2-5-12/h3,6-10,12H,1-2,4-5,11H2,(H2,23,28)(H2,24,30)(H2,25,26,27). The summed E-state index contributed by atoms with van der Waals surface area (Å²) in [6.07, 6.45) is 5.24. The van der Waals surface area contributed by atoms with Crippen molar-refractivity contribution in [3.63, 3.8) is 0 Å². The first kappa shape index (κ1) is 18.4. The fourth-order valence-corrected chi connectivity index (χ4v) is 4.28. The van der Waals surface area contributed by atoms with Crippen molar-refractivity contribution in [2.75, 3.05) is 17.6 Å². The van der Waals surface area contributed by atoms with Crippen molar-refractivity contribution in [3.8, 4) is 11.1 Å². The van der Waals surface area contributed by atoms with Crippen LogP contribution in [0.25, 0.3) is 33.1 Å². The second-order valence-electron chi connectivity index (χ2n) is 7.88. The molecule has 0 saturated heterocycles. The Morgan fingerprint density at radius 3 is 2.80 bits per heavy atom. The van der Waals surface area contributed by atoms with Crippen LogP contribution in [0.3, 0.4) is 0 Å². The molecule has 0 aliphatic heterocycles. The van der Waals surface area contributed by atoms with Gasteiger partial charge in [0.2, 0.25) is 5.95 Å². The van der Waals surface area contributed by atoms with Crippen LogP contribution < -0.4 is 16.8 Å². The van der Waals surface area contributed by atoms with Gasteiger partial charge in [-0.05, 0) is 36.5 Å². The summed E-state index contributed by atoms with van der Waals surface area (Å²) in [4.78, 5) is 19.5. The molecule has 0 unspecified atom stereocenters. The van der Waals surface area contributed by atoms with E-state index in [0.717, 1.165) is 40.6 Å². The van der Waals surface area contributed by atoms with Gasteiger partial charge in [0.1, 0.15) is 5.52 Å². The summed E-state index contributed by atoms with van der Waals surface area (Å²) in [5.74, 6) is 0.838. The molecule has 0 bridgehead atoms. The van der Waals surface area contributed by atoms with Gasteiger partial charge in [0.15, 0.2) is 5.69 Å². The van der Waals surface area contributed by atoms with Crippen molar-refractivity contribution in [1.82, 2.24) is 20.2 Å². The zero-order chi connectivity index (χ0) is 20.7. The normalized spacial score (nSPS) is 14.5. The number of amides is 1. The average Bonchev–Trinajstić information content (AvgIpc) is 3.40. The Hall–Kier alpha value is -3.68. The lowest BCUT2D eigenvalue weighted by Gasteiger charge is -2.09. The number of hydrogen-bond acceptors (Lipinski definition) is 6. The number of benzene rings is 2. The predicted molar refractivity (Wildman–Crippen MR) is 118 cm³/mol. The number of carbonyl (C=O) groups is 1. The van der Waals surface area contributed by atoms with Crippen LogP contribution in [0.1, 0.15) is 36.2 Å². The molecular formula is C22H23N7O. The molecule has 2 aromatic heterocycles. The Kier molecular flexibility index (Phi) is 4.46. The van der Waals surface area contributed by atoms with Gasteiger partial charge in [0, 0.05) is 17.5 Å². The summed E-state index contributed by atoms with van der Waals surface area (Å²) in [7, 11) is 0. The minimum absolute atomic E-state index is 0.0124. The molecule has 0 spiro atoms. The maximum atomic E-state index is 11.5. The molecule has 8 heteroatoms. The highest BCUT2D eigenvalue weighted by atomic mass is 16.1. The topological polar surface area (TPSA) is 136 Å². The van der Waals surface area contributed by atoms with Crippen LogP contribution in [0.2, 0.25) is 0 Å². The van der Waals surface area contributed by atoms with Crippen molar-refractivity contribution in [1.29, 1.82) is 0 Å². The highest BCUT2D eigenvalue weighted by Crippen LogP contribution is 2.32. The molecule has 30 heavy (non-hydrogen) atoms. The number of imidazole rings is 1. The second kappa shape index (κ2) is 7.29. The number of aromatic nitrogens is 4. The Bertz CT molecular complexity index is 1260. The predicted octanol–water partition coefficient (Wildman–Crippen LogP) is 3.46. The van der Waals surface area contributed by atoms with Crippen molar-refractivity contribution in [2.45, 2.75) is 25.7 Å².